The van der Waals surface area contributed by atoms with E-state index < -0.39 is 0 Å². The molecule has 0 radical (unpaired) electrons. The quantitative estimate of drug-likeness (QED) is 0.490. The minimum Gasteiger partial charge on any atom is -0.300 e. The number of aryl methyl sites for hydroxylation is 2. The molecule has 0 aliphatic rings. The minimum atomic E-state index is -0.151. The molecule has 0 aliphatic carbocycles. The zero-order valence-corrected chi connectivity index (χ0v) is 16.2. The first-order valence-corrected chi connectivity index (χ1v) is 10.1. The van der Waals surface area contributed by atoms with Crippen LogP contribution in [0.1, 0.15) is 9.88 Å². The molecular weight excluding hydrogens is 376 g/mol. The summed E-state index contributed by atoms with van der Waals surface area (Å²) < 4.78 is 1.96. The van der Waals surface area contributed by atoms with Crippen LogP contribution >= 0.6 is 34.4 Å². The Balaban J connectivity index is 1.70. The number of carbonyl (C=O) groups is 1. The van der Waals surface area contributed by atoms with Gasteiger partial charge >= 0.3 is 0 Å². The lowest BCUT2D eigenvalue weighted by Crippen LogP contribution is -2.14. The van der Waals surface area contributed by atoms with E-state index in [1.165, 1.54) is 28.0 Å². The summed E-state index contributed by atoms with van der Waals surface area (Å²) in [4.78, 5) is 13.3. The molecule has 130 valence electrons. The molecule has 0 atom stereocenters. The van der Waals surface area contributed by atoms with Crippen molar-refractivity contribution in [3.8, 4) is 11.4 Å². The Morgan fingerprint density at radius 3 is 2.84 bits per heavy atom. The monoisotopic (exact) mass is 392 g/mol. The Labute approximate surface area is 157 Å². The number of hydrogen-bond donors (Lipinski definition) is 1. The summed E-state index contributed by atoms with van der Waals surface area (Å²) in [6.07, 6.45) is 1.79. The van der Waals surface area contributed by atoms with Crippen LogP contribution in [-0.4, -0.2) is 36.6 Å². The van der Waals surface area contributed by atoms with Crippen molar-refractivity contribution in [1.82, 2.24) is 25.0 Å². The van der Waals surface area contributed by atoms with Gasteiger partial charge in [-0.15, -0.1) is 38.3 Å². The lowest BCUT2D eigenvalue weighted by Gasteiger charge is -2.06. The molecular formula is C15H16N6OS3. The van der Waals surface area contributed by atoms with Gasteiger partial charge in [-0.1, -0.05) is 29.2 Å². The van der Waals surface area contributed by atoms with Crippen LogP contribution in [0.5, 0.6) is 0 Å². The fourth-order valence-electron chi connectivity index (χ4n) is 2.10. The van der Waals surface area contributed by atoms with Crippen LogP contribution in [0, 0.1) is 13.8 Å². The number of thioether (sulfide) groups is 1. The van der Waals surface area contributed by atoms with Crippen molar-refractivity contribution >= 4 is 45.5 Å². The zero-order valence-electron chi connectivity index (χ0n) is 13.7. The number of amides is 1. The summed E-state index contributed by atoms with van der Waals surface area (Å²) in [6.45, 7) is 8.27. The summed E-state index contributed by atoms with van der Waals surface area (Å²) in [5, 5.41) is 23.1. The fraction of sp³-hybridized carbons (Fsp3) is 0.267. The van der Waals surface area contributed by atoms with E-state index >= 15 is 0 Å². The number of thiophene rings is 1. The fourth-order valence-corrected chi connectivity index (χ4v) is 4.13. The topological polar surface area (TPSA) is 85.6 Å². The van der Waals surface area contributed by atoms with Gasteiger partial charge in [-0.05, 0) is 19.9 Å². The molecule has 0 bridgehead atoms. The molecule has 0 aliphatic heterocycles. The lowest BCUT2D eigenvalue weighted by molar-refractivity contribution is -0.113. The van der Waals surface area contributed by atoms with E-state index in [1.807, 2.05) is 11.5 Å². The summed E-state index contributed by atoms with van der Waals surface area (Å²) in [7, 11) is 0. The summed E-state index contributed by atoms with van der Waals surface area (Å²) in [6, 6.07) is 2.08. The zero-order chi connectivity index (χ0) is 17.8. The summed E-state index contributed by atoms with van der Waals surface area (Å²) in [5.41, 5.74) is 1.03. The Morgan fingerprint density at radius 1 is 1.36 bits per heavy atom. The highest BCUT2D eigenvalue weighted by molar-refractivity contribution is 7.99. The molecule has 7 nitrogen and oxygen atoms in total. The van der Waals surface area contributed by atoms with Crippen molar-refractivity contribution in [3.05, 3.63) is 34.0 Å². The van der Waals surface area contributed by atoms with Gasteiger partial charge in [0, 0.05) is 22.4 Å². The molecule has 10 heteroatoms. The summed E-state index contributed by atoms with van der Waals surface area (Å²) in [5.74, 6) is 0.852. The molecule has 3 aromatic heterocycles. The van der Waals surface area contributed by atoms with Gasteiger partial charge in [-0.3, -0.25) is 14.7 Å². The maximum absolute atomic E-state index is 12.1. The van der Waals surface area contributed by atoms with Gasteiger partial charge < -0.3 is 0 Å². The molecule has 0 unspecified atom stereocenters. The third-order valence-electron chi connectivity index (χ3n) is 3.12. The van der Waals surface area contributed by atoms with Crippen molar-refractivity contribution in [3.63, 3.8) is 0 Å². The van der Waals surface area contributed by atoms with Crippen molar-refractivity contribution in [2.24, 2.45) is 0 Å². The lowest BCUT2D eigenvalue weighted by atomic mass is 10.3. The second-order valence-electron chi connectivity index (χ2n) is 5.11. The molecule has 3 aromatic rings. The smallest absolute Gasteiger partial charge is 0.236 e. The van der Waals surface area contributed by atoms with Gasteiger partial charge in [-0.2, -0.15) is 0 Å². The molecule has 3 rings (SSSR count). The first-order valence-electron chi connectivity index (χ1n) is 7.39. The number of aromatic nitrogens is 5. The largest absolute Gasteiger partial charge is 0.300 e. The van der Waals surface area contributed by atoms with E-state index in [4.69, 9.17) is 0 Å². The normalized spacial score (nSPS) is 10.8. The van der Waals surface area contributed by atoms with Gasteiger partial charge in [-0.25, -0.2) is 0 Å². The number of rotatable bonds is 7. The van der Waals surface area contributed by atoms with Crippen LogP contribution < -0.4 is 5.32 Å². The van der Waals surface area contributed by atoms with E-state index in [9.17, 15) is 4.79 Å². The second kappa shape index (κ2) is 7.89. The van der Waals surface area contributed by atoms with Crippen LogP contribution in [0.3, 0.4) is 0 Å². The molecule has 0 saturated heterocycles. The van der Waals surface area contributed by atoms with Gasteiger partial charge in [0.2, 0.25) is 11.0 Å². The molecule has 25 heavy (non-hydrogen) atoms. The molecule has 0 fully saturated rings. The number of anilines is 1. The summed E-state index contributed by atoms with van der Waals surface area (Å²) >= 11 is 4.34. The van der Waals surface area contributed by atoms with E-state index in [0.29, 0.717) is 16.8 Å². The Morgan fingerprint density at radius 2 is 2.20 bits per heavy atom. The second-order valence-corrected chi connectivity index (χ2v) is 8.35. The Bertz CT molecular complexity index is 897. The van der Waals surface area contributed by atoms with Crippen LogP contribution in [0.2, 0.25) is 0 Å². The van der Waals surface area contributed by atoms with Crippen LogP contribution in [0.4, 0.5) is 5.13 Å². The predicted molar refractivity (Wildman–Crippen MR) is 102 cm³/mol. The highest BCUT2D eigenvalue weighted by Gasteiger charge is 2.16. The first kappa shape index (κ1) is 17.8. The van der Waals surface area contributed by atoms with Gasteiger partial charge in [0.1, 0.15) is 5.01 Å². The molecule has 1 N–H and O–H groups in total. The third kappa shape index (κ3) is 4.33. The van der Waals surface area contributed by atoms with E-state index in [1.54, 1.807) is 17.4 Å². The predicted octanol–water partition coefficient (Wildman–Crippen LogP) is 3.39. The van der Waals surface area contributed by atoms with Gasteiger partial charge in [0.15, 0.2) is 11.0 Å². The van der Waals surface area contributed by atoms with E-state index in [2.05, 4.69) is 50.7 Å². The molecule has 3 heterocycles. The Kier molecular flexibility index (Phi) is 5.61. The third-order valence-corrected chi connectivity index (χ3v) is 5.70. The van der Waals surface area contributed by atoms with Crippen LogP contribution in [0.15, 0.2) is 29.3 Å². The first-order chi connectivity index (χ1) is 12.1. The molecule has 0 spiro atoms. The maximum Gasteiger partial charge on any atom is 0.236 e. The number of nitrogens with one attached hydrogen (secondary N) is 1. The highest BCUT2D eigenvalue weighted by atomic mass is 32.2. The minimum absolute atomic E-state index is 0.151. The molecule has 0 saturated carbocycles. The van der Waals surface area contributed by atoms with Gasteiger partial charge in [0.25, 0.3) is 0 Å². The molecule has 0 aromatic carbocycles. The van der Waals surface area contributed by atoms with Crippen molar-refractivity contribution in [2.75, 3.05) is 11.1 Å². The van der Waals surface area contributed by atoms with Crippen LogP contribution in [0.25, 0.3) is 11.4 Å². The number of hydrogen-bond acceptors (Lipinski definition) is 8. The maximum atomic E-state index is 12.1. The van der Waals surface area contributed by atoms with Crippen molar-refractivity contribution in [2.45, 2.75) is 25.5 Å². The number of nitrogens with zero attached hydrogens (tertiary/aromatic N) is 5. The molecule has 1 amide bonds. The SMILES string of the molecule is C=CCn1c(SCC(=O)Nc2nnc(C)s2)nnc1-c1csc(C)c1. The van der Waals surface area contributed by atoms with Crippen molar-refractivity contribution < 1.29 is 4.79 Å². The Hall–Kier alpha value is -2.04. The van der Waals surface area contributed by atoms with Crippen molar-refractivity contribution in [1.29, 1.82) is 0 Å². The number of allylic oxidation sites excluding steroid dienone is 1. The van der Waals surface area contributed by atoms with Crippen LogP contribution in [-0.2, 0) is 11.3 Å². The van der Waals surface area contributed by atoms with E-state index in [-0.39, 0.29) is 11.7 Å². The van der Waals surface area contributed by atoms with E-state index in [0.717, 1.165) is 16.4 Å². The average Bonchev–Trinajstić information content (AvgIpc) is 3.27. The number of carbonyl (C=O) groups excluding carboxylic acids is 1. The highest BCUT2D eigenvalue weighted by Crippen LogP contribution is 2.27. The van der Waals surface area contributed by atoms with Gasteiger partial charge in [0.05, 0.1) is 5.75 Å². The average molecular weight is 393 g/mol. The standard InChI is InChI=1S/C15H16N6OS3/c1-4-5-21-13(11-6-9(2)23-7-11)18-20-15(21)24-8-12(22)16-14-19-17-10(3)25-14/h4,6-7H,1,5,8H2,2-3H3,(H,16,19,22).